The Morgan fingerprint density at radius 2 is 1.76 bits per heavy atom. The molecular formula is C17H29NO3. The minimum absolute atomic E-state index is 0.123. The molecule has 120 valence electrons. The van der Waals surface area contributed by atoms with Crippen LogP contribution in [0.2, 0.25) is 0 Å². The third-order valence-electron chi connectivity index (χ3n) is 3.08. The SMILES string of the molecule is CCNC(C)Cc1ccc(OCC(O)COC(C)C)cc1. The van der Waals surface area contributed by atoms with E-state index in [0.29, 0.717) is 12.6 Å². The van der Waals surface area contributed by atoms with Crippen molar-refractivity contribution >= 4 is 0 Å². The molecule has 2 atom stereocenters. The summed E-state index contributed by atoms with van der Waals surface area (Å²) in [5.41, 5.74) is 1.28. The van der Waals surface area contributed by atoms with Crippen molar-refractivity contribution in [1.29, 1.82) is 0 Å². The van der Waals surface area contributed by atoms with E-state index in [1.54, 1.807) is 0 Å². The number of ether oxygens (including phenoxy) is 2. The van der Waals surface area contributed by atoms with E-state index < -0.39 is 6.10 Å². The van der Waals surface area contributed by atoms with Gasteiger partial charge in [-0.15, -0.1) is 0 Å². The first-order valence-corrected chi connectivity index (χ1v) is 7.76. The molecule has 1 aromatic rings. The molecule has 2 N–H and O–H groups in total. The zero-order valence-corrected chi connectivity index (χ0v) is 13.6. The van der Waals surface area contributed by atoms with Crippen LogP contribution in [-0.4, -0.2) is 43.1 Å². The maximum atomic E-state index is 9.73. The van der Waals surface area contributed by atoms with Crippen molar-refractivity contribution in [2.45, 2.75) is 52.4 Å². The van der Waals surface area contributed by atoms with Crippen molar-refractivity contribution in [3.05, 3.63) is 29.8 Å². The van der Waals surface area contributed by atoms with Crippen LogP contribution < -0.4 is 10.1 Å². The summed E-state index contributed by atoms with van der Waals surface area (Å²) >= 11 is 0. The minimum Gasteiger partial charge on any atom is -0.491 e. The summed E-state index contributed by atoms with van der Waals surface area (Å²) < 4.78 is 10.9. The van der Waals surface area contributed by atoms with E-state index in [4.69, 9.17) is 9.47 Å². The van der Waals surface area contributed by atoms with Crippen molar-refractivity contribution in [2.24, 2.45) is 0 Å². The van der Waals surface area contributed by atoms with Crippen LogP contribution >= 0.6 is 0 Å². The second-order valence-corrected chi connectivity index (χ2v) is 5.65. The molecule has 4 heteroatoms. The highest BCUT2D eigenvalue weighted by atomic mass is 16.5. The summed E-state index contributed by atoms with van der Waals surface area (Å²) in [5, 5.41) is 13.1. The van der Waals surface area contributed by atoms with Crippen molar-refractivity contribution in [3.8, 4) is 5.75 Å². The fraction of sp³-hybridized carbons (Fsp3) is 0.647. The number of rotatable bonds is 10. The summed E-state index contributed by atoms with van der Waals surface area (Å²) in [6, 6.07) is 8.51. The van der Waals surface area contributed by atoms with Crippen molar-refractivity contribution in [2.75, 3.05) is 19.8 Å². The van der Waals surface area contributed by atoms with Gasteiger partial charge in [0.15, 0.2) is 0 Å². The number of likely N-dealkylation sites (N-methyl/N-ethyl adjacent to an activating group) is 1. The Hall–Kier alpha value is -1.10. The molecule has 0 saturated carbocycles. The number of aliphatic hydroxyl groups is 1. The second kappa shape index (κ2) is 9.77. The number of hydrogen-bond acceptors (Lipinski definition) is 4. The predicted octanol–water partition coefficient (Wildman–Crippen LogP) is 2.39. The highest BCUT2D eigenvalue weighted by Crippen LogP contribution is 2.14. The van der Waals surface area contributed by atoms with Crippen LogP contribution in [0.4, 0.5) is 0 Å². The molecule has 0 aliphatic carbocycles. The standard InChI is InChI=1S/C17H29NO3/c1-5-18-14(4)10-15-6-8-17(9-7-15)21-12-16(19)11-20-13(2)3/h6-9,13-14,16,18-19H,5,10-12H2,1-4H3. The summed E-state index contributed by atoms with van der Waals surface area (Å²) in [6.07, 6.45) is 0.525. The van der Waals surface area contributed by atoms with Crippen LogP contribution in [0, 0.1) is 0 Å². The van der Waals surface area contributed by atoms with Crippen LogP contribution in [-0.2, 0) is 11.2 Å². The van der Waals surface area contributed by atoms with E-state index in [1.165, 1.54) is 5.56 Å². The first-order chi connectivity index (χ1) is 10.0. The number of benzene rings is 1. The smallest absolute Gasteiger partial charge is 0.119 e. The van der Waals surface area contributed by atoms with E-state index in [0.717, 1.165) is 18.7 Å². The molecule has 0 aliphatic rings. The molecule has 0 amide bonds. The van der Waals surface area contributed by atoms with Gasteiger partial charge in [0.25, 0.3) is 0 Å². The summed E-state index contributed by atoms with van der Waals surface area (Å²) in [7, 11) is 0. The third kappa shape index (κ3) is 8.05. The van der Waals surface area contributed by atoms with Crippen LogP contribution in [0.3, 0.4) is 0 Å². The van der Waals surface area contributed by atoms with Crippen molar-refractivity contribution in [1.82, 2.24) is 5.32 Å². The molecule has 0 radical (unpaired) electrons. The largest absolute Gasteiger partial charge is 0.491 e. The lowest BCUT2D eigenvalue weighted by atomic mass is 10.1. The minimum atomic E-state index is -0.596. The average molecular weight is 295 g/mol. The van der Waals surface area contributed by atoms with Gasteiger partial charge in [-0.2, -0.15) is 0 Å². The number of hydrogen-bond donors (Lipinski definition) is 2. The lowest BCUT2D eigenvalue weighted by Crippen LogP contribution is -2.27. The quantitative estimate of drug-likeness (QED) is 0.696. The Kier molecular flexibility index (Phi) is 8.35. The number of nitrogens with one attached hydrogen (secondary N) is 1. The van der Waals surface area contributed by atoms with Gasteiger partial charge in [0.2, 0.25) is 0 Å². The summed E-state index contributed by atoms with van der Waals surface area (Å²) in [6.45, 7) is 9.72. The maximum absolute atomic E-state index is 9.73. The van der Waals surface area contributed by atoms with Crippen molar-refractivity contribution in [3.63, 3.8) is 0 Å². The molecule has 0 aliphatic heterocycles. The second-order valence-electron chi connectivity index (χ2n) is 5.65. The van der Waals surface area contributed by atoms with Crippen LogP contribution in [0.5, 0.6) is 5.75 Å². The first kappa shape index (κ1) is 18.0. The highest BCUT2D eigenvalue weighted by Gasteiger charge is 2.07. The Morgan fingerprint density at radius 3 is 2.33 bits per heavy atom. The number of aliphatic hydroxyl groups excluding tert-OH is 1. The average Bonchev–Trinajstić information content (AvgIpc) is 2.44. The molecule has 4 nitrogen and oxygen atoms in total. The molecule has 0 fully saturated rings. The summed E-state index contributed by atoms with van der Waals surface area (Å²) in [4.78, 5) is 0. The van der Waals surface area contributed by atoms with Gasteiger partial charge in [-0.25, -0.2) is 0 Å². The van der Waals surface area contributed by atoms with Crippen LogP contribution in [0.15, 0.2) is 24.3 Å². The Balaban J connectivity index is 2.33. The molecule has 1 aromatic carbocycles. The van der Waals surface area contributed by atoms with E-state index in [2.05, 4.69) is 31.3 Å². The van der Waals surface area contributed by atoms with Gasteiger partial charge in [-0.1, -0.05) is 19.1 Å². The zero-order valence-electron chi connectivity index (χ0n) is 13.6. The molecule has 0 saturated heterocycles. The lowest BCUT2D eigenvalue weighted by Gasteiger charge is -2.15. The molecule has 21 heavy (non-hydrogen) atoms. The topological polar surface area (TPSA) is 50.7 Å². The van der Waals surface area contributed by atoms with E-state index >= 15 is 0 Å². The molecule has 0 spiro atoms. The molecule has 0 bridgehead atoms. The van der Waals surface area contributed by atoms with E-state index in [-0.39, 0.29) is 12.7 Å². The molecule has 0 aromatic heterocycles. The maximum Gasteiger partial charge on any atom is 0.119 e. The Morgan fingerprint density at radius 1 is 1.10 bits per heavy atom. The molecular weight excluding hydrogens is 266 g/mol. The van der Waals surface area contributed by atoms with Gasteiger partial charge in [0.05, 0.1) is 12.7 Å². The Bertz CT molecular complexity index is 378. The summed E-state index contributed by atoms with van der Waals surface area (Å²) in [5.74, 6) is 0.776. The predicted molar refractivity (Wildman–Crippen MR) is 85.9 cm³/mol. The van der Waals surface area contributed by atoms with Gasteiger partial charge < -0.3 is 19.9 Å². The van der Waals surface area contributed by atoms with Gasteiger partial charge in [-0.3, -0.25) is 0 Å². The highest BCUT2D eigenvalue weighted by molar-refractivity contribution is 5.27. The van der Waals surface area contributed by atoms with Gasteiger partial charge in [-0.05, 0) is 51.4 Å². The van der Waals surface area contributed by atoms with Gasteiger partial charge >= 0.3 is 0 Å². The first-order valence-electron chi connectivity index (χ1n) is 7.76. The zero-order chi connectivity index (χ0) is 15.7. The van der Waals surface area contributed by atoms with E-state index in [1.807, 2.05) is 26.0 Å². The van der Waals surface area contributed by atoms with Gasteiger partial charge in [0, 0.05) is 6.04 Å². The van der Waals surface area contributed by atoms with Crippen molar-refractivity contribution < 1.29 is 14.6 Å². The molecule has 1 rings (SSSR count). The lowest BCUT2D eigenvalue weighted by molar-refractivity contribution is -0.0122. The van der Waals surface area contributed by atoms with Crippen LogP contribution in [0.1, 0.15) is 33.3 Å². The van der Waals surface area contributed by atoms with E-state index in [9.17, 15) is 5.11 Å². The molecule has 2 unspecified atom stereocenters. The van der Waals surface area contributed by atoms with Crippen LogP contribution in [0.25, 0.3) is 0 Å². The fourth-order valence-corrected chi connectivity index (χ4v) is 2.04. The monoisotopic (exact) mass is 295 g/mol. The Labute approximate surface area is 128 Å². The molecule has 0 heterocycles. The van der Waals surface area contributed by atoms with Gasteiger partial charge in [0.1, 0.15) is 18.5 Å². The third-order valence-corrected chi connectivity index (χ3v) is 3.08. The normalized spacial score (nSPS) is 14.2. The fourth-order valence-electron chi connectivity index (χ4n) is 2.04.